The number of aldehydes is 1. The average Bonchev–Trinajstić information content (AvgIpc) is 2.31. The number of carbonyl (C=O) groups excluding carboxylic acids is 1. The van der Waals surface area contributed by atoms with E-state index in [1.54, 1.807) is 17.4 Å². The van der Waals surface area contributed by atoms with E-state index in [0.29, 0.717) is 0 Å². The second kappa shape index (κ2) is 3.68. The van der Waals surface area contributed by atoms with E-state index in [4.69, 9.17) is 0 Å². The fourth-order valence-electron chi connectivity index (χ4n) is 0.552. The Hall–Kier alpha value is -0.410. The van der Waals surface area contributed by atoms with Gasteiger partial charge in [-0.1, -0.05) is 0 Å². The topological polar surface area (TPSA) is 17.1 Å². The highest BCUT2D eigenvalue weighted by atomic mass is 79.9. The molecule has 1 aromatic heterocycles. The summed E-state index contributed by atoms with van der Waals surface area (Å²) in [5.74, 6) is 0. The highest BCUT2D eigenvalue weighted by Crippen LogP contribution is 2.22. The number of hydrogen-bond acceptors (Lipinski definition) is 2. The monoisotopic (exact) mass is 216 g/mol. The first-order valence-electron chi connectivity index (χ1n) is 2.70. The molecule has 3 heteroatoms. The Morgan fingerprint density at radius 3 is 2.80 bits per heavy atom. The maximum atomic E-state index is 9.89. The minimum atomic E-state index is 0.771. The maximum absolute atomic E-state index is 9.89. The molecule has 0 unspecified atom stereocenters. The van der Waals surface area contributed by atoms with Crippen LogP contribution in [-0.4, -0.2) is 6.29 Å². The van der Waals surface area contributed by atoms with Crippen LogP contribution < -0.4 is 0 Å². The molecule has 0 saturated carbocycles. The first-order chi connectivity index (χ1) is 4.83. The first kappa shape index (κ1) is 7.69. The van der Waals surface area contributed by atoms with E-state index in [2.05, 4.69) is 15.9 Å². The summed E-state index contributed by atoms with van der Waals surface area (Å²) in [4.78, 5) is 11.0. The third-order valence-corrected chi connectivity index (χ3v) is 2.52. The van der Waals surface area contributed by atoms with E-state index in [1.807, 2.05) is 12.1 Å². The smallest absolute Gasteiger partial charge is 0.142 e. The van der Waals surface area contributed by atoms with E-state index in [0.717, 1.165) is 14.9 Å². The van der Waals surface area contributed by atoms with Gasteiger partial charge in [0.25, 0.3) is 0 Å². The summed E-state index contributed by atoms with van der Waals surface area (Å²) in [7, 11) is 0. The van der Waals surface area contributed by atoms with Crippen LogP contribution in [0.1, 0.15) is 4.88 Å². The molecule has 1 nitrogen and oxygen atoms in total. The largest absolute Gasteiger partial charge is 0.299 e. The van der Waals surface area contributed by atoms with Gasteiger partial charge in [0.2, 0.25) is 0 Å². The SMILES string of the molecule is O=C/C=C/c1ccc(Br)s1. The van der Waals surface area contributed by atoms with Crippen molar-refractivity contribution in [1.82, 2.24) is 0 Å². The molecule has 0 atom stereocenters. The molecule has 52 valence electrons. The molecule has 1 rings (SSSR count). The van der Waals surface area contributed by atoms with E-state index in [1.165, 1.54) is 6.08 Å². The van der Waals surface area contributed by atoms with Crippen molar-refractivity contribution in [1.29, 1.82) is 0 Å². The molecule has 1 heterocycles. The van der Waals surface area contributed by atoms with Crippen LogP contribution in [0.3, 0.4) is 0 Å². The fraction of sp³-hybridized carbons (Fsp3) is 0. The molecule has 1 aromatic rings. The van der Waals surface area contributed by atoms with E-state index >= 15 is 0 Å². The number of allylic oxidation sites excluding steroid dienone is 1. The van der Waals surface area contributed by atoms with Gasteiger partial charge in [-0.2, -0.15) is 0 Å². The van der Waals surface area contributed by atoms with Gasteiger partial charge in [0.1, 0.15) is 6.29 Å². The molecular weight excluding hydrogens is 212 g/mol. The van der Waals surface area contributed by atoms with Crippen molar-refractivity contribution in [3.8, 4) is 0 Å². The van der Waals surface area contributed by atoms with Crippen molar-refractivity contribution in [2.75, 3.05) is 0 Å². The number of carbonyl (C=O) groups is 1. The van der Waals surface area contributed by atoms with Crippen molar-refractivity contribution in [3.05, 3.63) is 26.9 Å². The molecule has 0 amide bonds. The summed E-state index contributed by atoms with van der Waals surface area (Å²) in [6.07, 6.45) is 4.04. The van der Waals surface area contributed by atoms with Crippen molar-refractivity contribution >= 4 is 39.6 Å². The third-order valence-electron chi connectivity index (χ3n) is 0.933. The molecule has 0 fully saturated rings. The molecule has 0 aromatic carbocycles. The standard InChI is InChI=1S/C7H5BrOS/c8-7-4-3-6(10-7)2-1-5-9/h1-5H/b2-1+. The van der Waals surface area contributed by atoms with Crippen molar-refractivity contribution in [3.63, 3.8) is 0 Å². The quantitative estimate of drug-likeness (QED) is 0.549. The number of hydrogen-bond donors (Lipinski definition) is 0. The van der Waals surface area contributed by atoms with Crippen molar-refractivity contribution in [2.45, 2.75) is 0 Å². The lowest BCUT2D eigenvalue weighted by Crippen LogP contribution is -1.58. The molecule has 0 spiro atoms. The summed E-state index contributed by atoms with van der Waals surface area (Å²) in [6, 6.07) is 3.91. The van der Waals surface area contributed by atoms with Gasteiger partial charge in [0, 0.05) is 4.88 Å². The summed E-state index contributed by atoms with van der Waals surface area (Å²) < 4.78 is 1.08. The van der Waals surface area contributed by atoms with Crippen molar-refractivity contribution < 1.29 is 4.79 Å². The van der Waals surface area contributed by atoms with Gasteiger partial charge in [-0.05, 0) is 40.2 Å². The molecule has 0 N–H and O–H groups in total. The first-order valence-corrected chi connectivity index (χ1v) is 4.31. The number of thiophene rings is 1. The van der Waals surface area contributed by atoms with Gasteiger partial charge in [0.15, 0.2) is 0 Å². The van der Waals surface area contributed by atoms with Gasteiger partial charge < -0.3 is 0 Å². The predicted octanol–water partition coefficient (Wildman–Crippen LogP) is 2.72. The van der Waals surface area contributed by atoms with Gasteiger partial charge >= 0.3 is 0 Å². The average molecular weight is 217 g/mol. The number of rotatable bonds is 2. The Balaban J connectivity index is 2.75. The molecule has 0 aliphatic rings. The molecule has 10 heavy (non-hydrogen) atoms. The Kier molecular flexibility index (Phi) is 2.83. The van der Waals surface area contributed by atoms with Crippen LogP contribution in [0.15, 0.2) is 22.0 Å². The summed E-state index contributed by atoms with van der Waals surface area (Å²) in [6.45, 7) is 0. The lowest BCUT2D eigenvalue weighted by atomic mass is 10.4. The van der Waals surface area contributed by atoms with Gasteiger partial charge in [0.05, 0.1) is 3.79 Å². The minimum absolute atomic E-state index is 0.771. The van der Waals surface area contributed by atoms with Crippen LogP contribution in [0.5, 0.6) is 0 Å². The highest BCUT2D eigenvalue weighted by Gasteiger charge is 1.90. The summed E-state index contributed by atoms with van der Waals surface area (Å²) in [5, 5.41) is 0. The molecule has 0 radical (unpaired) electrons. The van der Waals surface area contributed by atoms with E-state index in [-0.39, 0.29) is 0 Å². The summed E-state index contributed by atoms with van der Waals surface area (Å²) in [5.41, 5.74) is 0. The normalized spacial score (nSPS) is 10.5. The maximum Gasteiger partial charge on any atom is 0.142 e. The van der Waals surface area contributed by atoms with E-state index < -0.39 is 0 Å². The zero-order valence-electron chi connectivity index (χ0n) is 5.08. The Bertz CT molecular complexity index is 252. The lowest BCUT2D eigenvalue weighted by molar-refractivity contribution is -0.104. The van der Waals surface area contributed by atoms with Gasteiger partial charge in [-0.15, -0.1) is 11.3 Å². The molecule has 0 saturated heterocycles. The second-order valence-corrected chi connectivity index (χ2v) is 4.13. The predicted molar refractivity (Wildman–Crippen MR) is 47.1 cm³/mol. The van der Waals surface area contributed by atoms with Gasteiger partial charge in [-0.25, -0.2) is 0 Å². The van der Waals surface area contributed by atoms with E-state index in [9.17, 15) is 4.79 Å². The Morgan fingerprint density at radius 1 is 1.50 bits per heavy atom. The van der Waals surface area contributed by atoms with Crippen LogP contribution in [0.2, 0.25) is 0 Å². The summed E-state index contributed by atoms with van der Waals surface area (Å²) >= 11 is 4.92. The Morgan fingerprint density at radius 2 is 2.30 bits per heavy atom. The fourth-order valence-corrected chi connectivity index (χ4v) is 1.89. The van der Waals surface area contributed by atoms with Crippen LogP contribution in [0.4, 0.5) is 0 Å². The molecule has 0 aliphatic carbocycles. The highest BCUT2D eigenvalue weighted by molar-refractivity contribution is 9.11. The Labute approximate surface area is 71.5 Å². The molecule has 0 aliphatic heterocycles. The van der Waals surface area contributed by atoms with Crippen LogP contribution in [0.25, 0.3) is 6.08 Å². The molecule has 0 bridgehead atoms. The van der Waals surface area contributed by atoms with Gasteiger partial charge in [-0.3, -0.25) is 4.79 Å². The molecular formula is C7H5BrOS. The number of halogens is 1. The van der Waals surface area contributed by atoms with Crippen LogP contribution >= 0.6 is 27.3 Å². The zero-order chi connectivity index (χ0) is 7.40. The third kappa shape index (κ3) is 2.08. The second-order valence-electron chi connectivity index (χ2n) is 1.64. The lowest BCUT2D eigenvalue weighted by Gasteiger charge is -1.76. The van der Waals surface area contributed by atoms with Crippen LogP contribution in [-0.2, 0) is 4.79 Å². The van der Waals surface area contributed by atoms with Crippen molar-refractivity contribution in [2.24, 2.45) is 0 Å². The minimum Gasteiger partial charge on any atom is -0.299 e. The van der Waals surface area contributed by atoms with Crippen LogP contribution in [0, 0.1) is 0 Å². The zero-order valence-corrected chi connectivity index (χ0v) is 7.48.